The number of aromatic nitrogens is 4. The highest BCUT2D eigenvalue weighted by molar-refractivity contribution is 6.07. The lowest BCUT2D eigenvalue weighted by Gasteiger charge is -2.08. The predicted octanol–water partition coefficient (Wildman–Crippen LogP) is 2.18. The second kappa shape index (κ2) is 5.73. The molecule has 0 aliphatic rings. The molecule has 100 valence electrons. The Bertz CT molecular complexity index is 589. The Morgan fingerprint density at radius 3 is 2.79 bits per heavy atom. The fourth-order valence-corrected chi connectivity index (χ4v) is 2.03. The summed E-state index contributed by atoms with van der Waals surface area (Å²) in [7, 11) is 0. The predicted molar refractivity (Wildman–Crippen MR) is 72.1 cm³/mol. The largest absolute Gasteiger partial charge is 0.328 e. The van der Waals surface area contributed by atoms with Crippen molar-refractivity contribution < 1.29 is 4.79 Å². The Morgan fingerprint density at radius 2 is 2.11 bits per heavy atom. The van der Waals surface area contributed by atoms with Crippen molar-refractivity contribution in [3.05, 3.63) is 41.2 Å². The Kier molecular flexibility index (Phi) is 4.04. The van der Waals surface area contributed by atoms with Gasteiger partial charge in [0.1, 0.15) is 0 Å². The molecule has 0 N–H and O–H groups in total. The van der Waals surface area contributed by atoms with E-state index in [0.717, 1.165) is 24.4 Å². The maximum Gasteiger partial charge on any atom is 0.230 e. The molecule has 5 nitrogen and oxygen atoms in total. The van der Waals surface area contributed by atoms with Crippen LogP contribution in [0.25, 0.3) is 0 Å². The van der Waals surface area contributed by atoms with Gasteiger partial charge in [0.15, 0.2) is 5.82 Å². The van der Waals surface area contributed by atoms with Gasteiger partial charge in [0, 0.05) is 18.9 Å². The zero-order chi connectivity index (χ0) is 13.8. The molecule has 0 atom stereocenters. The number of ketones is 1. The topological polar surface area (TPSA) is 60.7 Å². The summed E-state index contributed by atoms with van der Waals surface area (Å²) in [6, 6.07) is 1.79. The van der Waals surface area contributed by atoms with Crippen molar-refractivity contribution in [3.8, 4) is 0 Å². The van der Waals surface area contributed by atoms with Crippen LogP contribution in [0.5, 0.6) is 0 Å². The molecule has 0 aromatic carbocycles. The number of rotatable bonds is 5. The van der Waals surface area contributed by atoms with Crippen LogP contribution in [-0.2, 0) is 13.0 Å². The van der Waals surface area contributed by atoms with Crippen molar-refractivity contribution in [2.45, 2.75) is 40.2 Å². The van der Waals surface area contributed by atoms with E-state index in [1.54, 1.807) is 12.3 Å². The Balaban J connectivity index is 2.43. The van der Waals surface area contributed by atoms with Crippen molar-refractivity contribution in [2.24, 2.45) is 0 Å². The molecule has 0 aliphatic heterocycles. The molecule has 0 amide bonds. The minimum atomic E-state index is -0.0756. The molecular formula is C14H18N4O. The molecule has 0 radical (unpaired) electrons. The van der Waals surface area contributed by atoms with Crippen LogP contribution in [0, 0.1) is 6.92 Å². The summed E-state index contributed by atoms with van der Waals surface area (Å²) in [6.07, 6.45) is 5.15. The van der Waals surface area contributed by atoms with E-state index in [1.807, 2.05) is 24.6 Å². The number of nitrogens with zero attached hydrogens (tertiary/aromatic N) is 4. The second-order valence-corrected chi connectivity index (χ2v) is 4.47. The van der Waals surface area contributed by atoms with E-state index < -0.39 is 0 Å². The minimum absolute atomic E-state index is 0.0756. The van der Waals surface area contributed by atoms with E-state index in [1.165, 1.54) is 0 Å². The molecule has 0 bridgehead atoms. The van der Waals surface area contributed by atoms with Crippen LogP contribution < -0.4 is 0 Å². The number of hydrogen-bond donors (Lipinski definition) is 0. The summed E-state index contributed by atoms with van der Waals surface area (Å²) < 4.78 is 1.89. The molecular weight excluding hydrogens is 240 g/mol. The van der Waals surface area contributed by atoms with E-state index >= 15 is 0 Å². The molecule has 2 aromatic rings. The first-order valence-electron chi connectivity index (χ1n) is 6.56. The first-order valence-corrected chi connectivity index (χ1v) is 6.56. The van der Waals surface area contributed by atoms with Gasteiger partial charge in [-0.15, -0.1) is 0 Å². The van der Waals surface area contributed by atoms with Crippen LogP contribution in [0.15, 0.2) is 18.5 Å². The zero-order valence-electron chi connectivity index (χ0n) is 11.6. The number of aryl methyl sites for hydroxylation is 3. The standard InChI is InChI=1S/C14H18N4O/c1-4-7-18-8-6-15-14(18)13(19)11-9-10(3)16-17-12(11)5-2/h6,8-9H,4-5,7H2,1-3H3. The fraction of sp³-hybridized carbons (Fsp3) is 0.429. The molecule has 5 heteroatoms. The van der Waals surface area contributed by atoms with Crippen LogP contribution in [0.4, 0.5) is 0 Å². The van der Waals surface area contributed by atoms with Crippen molar-refractivity contribution in [2.75, 3.05) is 0 Å². The van der Waals surface area contributed by atoms with Crippen LogP contribution in [0.1, 0.15) is 47.8 Å². The molecule has 0 spiro atoms. The van der Waals surface area contributed by atoms with E-state index in [2.05, 4.69) is 22.1 Å². The quantitative estimate of drug-likeness (QED) is 0.771. The van der Waals surface area contributed by atoms with Crippen LogP contribution in [0.3, 0.4) is 0 Å². The molecule has 0 saturated carbocycles. The average Bonchev–Trinajstić information content (AvgIpc) is 2.86. The number of carbonyl (C=O) groups excluding carboxylic acids is 1. The molecule has 2 aromatic heterocycles. The van der Waals surface area contributed by atoms with Crippen molar-refractivity contribution >= 4 is 5.78 Å². The summed E-state index contributed by atoms with van der Waals surface area (Å²) in [4.78, 5) is 16.8. The van der Waals surface area contributed by atoms with Crippen LogP contribution >= 0.6 is 0 Å². The maximum absolute atomic E-state index is 12.6. The highest BCUT2D eigenvalue weighted by Crippen LogP contribution is 2.13. The zero-order valence-corrected chi connectivity index (χ0v) is 11.6. The maximum atomic E-state index is 12.6. The monoisotopic (exact) mass is 258 g/mol. The fourth-order valence-electron chi connectivity index (χ4n) is 2.03. The van der Waals surface area contributed by atoms with E-state index in [4.69, 9.17) is 0 Å². The number of hydrogen-bond acceptors (Lipinski definition) is 4. The normalized spacial score (nSPS) is 10.7. The van der Waals surface area contributed by atoms with E-state index in [0.29, 0.717) is 17.8 Å². The van der Waals surface area contributed by atoms with Gasteiger partial charge in [-0.1, -0.05) is 13.8 Å². The average molecular weight is 258 g/mol. The van der Waals surface area contributed by atoms with Gasteiger partial charge in [0.05, 0.1) is 17.0 Å². The Hall–Kier alpha value is -2.04. The first-order chi connectivity index (χ1) is 9.17. The van der Waals surface area contributed by atoms with Gasteiger partial charge in [0.2, 0.25) is 5.78 Å². The molecule has 0 saturated heterocycles. The van der Waals surface area contributed by atoms with E-state index in [-0.39, 0.29) is 5.78 Å². The minimum Gasteiger partial charge on any atom is -0.328 e. The molecule has 2 heterocycles. The summed E-state index contributed by atoms with van der Waals surface area (Å²) in [6.45, 7) is 6.67. The highest BCUT2D eigenvalue weighted by atomic mass is 16.1. The SMILES string of the molecule is CCCn1ccnc1C(=O)c1cc(C)nnc1CC. The first kappa shape index (κ1) is 13.4. The highest BCUT2D eigenvalue weighted by Gasteiger charge is 2.19. The summed E-state index contributed by atoms with van der Waals surface area (Å²) in [5.74, 6) is 0.400. The Labute approximate surface area is 112 Å². The van der Waals surface area contributed by atoms with E-state index in [9.17, 15) is 4.79 Å². The molecule has 0 fully saturated rings. The van der Waals surface area contributed by atoms with Crippen molar-refractivity contribution in [1.29, 1.82) is 0 Å². The molecule has 19 heavy (non-hydrogen) atoms. The third-order valence-electron chi connectivity index (χ3n) is 2.96. The van der Waals surface area contributed by atoms with Gasteiger partial charge in [-0.2, -0.15) is 10.2 Å². The van der Waals surface area contributed by atoms with Gasteiger partial charge in [-0.25, -0.2) is 4.98 Å². The van der Waals surface area contributed by atoms with Gasteiger partial charge >= 0.3 is 0 Å². The lowest BCUT2D eigenvalue weighted by atomic mass is 10.1. The summed E-state index contributed by atoms with van der Waals surface area (Å²) >= 11 is 0. The van der Waals surface area contributed by atoms with Gasteiger partial charge in [0.25, 0.3) is 0 Å². The van der Waals surface area contributed by atoms with Crippen molar-refractivity contribution in [1.82, 2.24) is 19.7 Å². The lowest BCUT2D eigenvalue weighted by molar-refractivity contribution is 0.102. The third-order valence-corrected chi connectivity index (χ3v) is 2.96. The van der Waals surface area contributed by atoms with Gasteiger partial charge < -0.3 is 4.57 Å². The molecule has 0 unspecified atom stereocenters. The van der Waals surface area contributed by atoms with Gasteiger partial charge in [-0.05, 0) is 25.8 Å². The van der Waals surface area contributed by atoms with Crippen molar-refractivity contribution in [3.63, 3.8) is 0 Å². The summed E-state index contributed by atoms with van der Waals surface area (Å²) in [5, 5.41) is 8.10. The lowest BCUT2D eigenvalue weighted by Crippen LogP contribution is -2.14. The smallest absolute Gasteiger partial charge is 0.230 e. The van der Waals surface area contributed by atoms with Crippen LogP contribution in [0.2, 0.25) is 0 Å². The number of carbonyl (C=O) groups is 1. The Morgan fingerprint density at radius 1 is 1.32 bits per heavy atom. The molecule has 0 aliphatic carbocycles. The summed E-state index contributed by atoms with van der Waals surface area (Å²) in [5.41, 5.74) is 2.08. The number of imidazole rings is 1. The molecule has 2 rings (SSSR count). The van der Waals surface area contributed by atoms with Crippen LogP contribution in [-0.4, -0.2) is 25.5 Å². The van der Waals surface area contributed by atoms with Gasteiger partial charge in [-0.3, -0.25) is 4.79 Å². The third kappa shape index (κ3) is 2.70. The second-order valence-electron chi connectivity index (χ2n) is 4.47.